The number of benzene rings is 2. The number of nitrogens with zero attached hydrogens (tertiary/aromatic N) is 5. The summed E-state index contributed by atoms with van der Waals surface area (Å²) < 4.78 is 42.8. The lowest BCUT2D eigenvalue weighted by atomic mass is 10.2. The third-order valence-electron chi connectivity index (χ3n) is 4.90. The number of oxime groups is 1. The highest BCUT2D eigenvalue weighted by atomic mass is 19.4. The smallest absolute Gasteiger partial charge is 0.406 e. The van der Waals surface area contributed by atoms with Gasteiger partial charge in [0.25, 0.3) is 6.23 Å². The molecule has 34 heavy (non-hydrogen) atoms. The van der Waals surface area contributed by atoms with Crippen molar-refractivity contribution in [1.29, 1.82) is 0 Å². The number of amidine groups is 1. The summed E-state index contributed by atoms with van der Waals surface area (Å²) in [6, 6.07) is 18.8. The van der Waals surface area contributed by atoms with Crippen molar-refractivity contribution in [1.82, 2.24) is 25.1 Å². The van der Waals surface area contributed by atoms with Crippen LogP contribution in [0.25, 0.3) is 11.4 Å². The molecule has 0 radical (unpaired) electrons. The number of alkyl halides is 3. The highest BCUT2D eigenvalue weighted by Crippen LogP contribution is 2.26. The van der Waals surface area contributed by atoms with Crippen molar-refractivity contribution in [3.05, 3.63) is 96.1 Å². The lowest BCUT2D eigenvalue weighted by molar-refractivity contribution is -0.274. The van der Waals surface area contributed by atoms with E-state index in [1.54, 1.807) is 17.1 Å². The predicted octanol–water partition coefficient (Wildman–Crippen LogP) is 4.27. The summed E-state index contributed by atoms with van der Waals surface area (Å²) in [6.07, 6.45) is -2.15. The molecule has 2 aromatic carbocycles. The van der Waals surface area contributed by atoms with Crippen molar-refractivity contribution >= 4 is 5.84 Å². The summed E-state index contributed by atoms with van der Waals surface area (Å²) in [5.41, 5.74) is 2.35. The predicted molar refractivity (Wildman–Crippen MR) is 115 cm³/mol. The van der Waals surface area contributed by atoms with Crippen molar-refractivity contribution in [3.63, 3.8) is 0 Å². The topological polar surface area (TPSA) is 86.5 Å². The van der Waals surface area contributed by atoms with Gasteiger partial charge in [-0.1, -0.05) is 35.5 Å². The first-order chi connectivity index (χ1) is 16.4. The number of hydrogen-bond donors (Lipinski definition) is 1. The van der Waals surface area contributed by atoms with Gasteiger partial charge in [-0.2, -0.15) is 0 Å². The van der Waals surface area contributed by atoms with Crippen LogP contribution in [0.15, 0.2) is 84.3 Å². The van der Waals surface area contributed by atoms with Crippen molar-refractivity contribution in [2.45, 2.75) is 19.1 Å². The van der Waals surface area contributed by atoms with Crippen molar-refractivity contribution in [2.75, 3.05) is 0 Å². The van der Waals surface area contributed by atoms with E-state index in [1.807, 2.05) is 42.5 Å². The van der Waals surface area contributed by atoms with Gasteiger partial charge in [0.15, 0.2) is 11.7 Å². The first-order valence-corrected chi connectivity index (χ1v) is 10.2. The zero-order valence-corrected chi connectivity index (χ0v) is 17.5. The van der Waals surface area contributed by atoms with Crippen LogP contribution in [0.4, 0.5) is 13.2 Å². The van der Waals surface area contributed by atoms with E-state index in [0.717, 1.165) is 11.1 Å². The van der Waals surface area contributed by atoms with Gasteiger partial charge in [0.2, 0.25) is 5.82 Å². The minimum absolute atomic E-state index is 0.324. The Bertz CT molecular complexity index is 1290. The van der Waals surface area contributed by atoms with E-state index in [4.69, 9.17) is 4.84 Å². The fourth-order valence-corrected chi connectivity index (χ4v) is 3.39. The third-order valence-corrected chi connectivity index (χ3v) is 4.90. The van der Waals surface area contributed by atoms with Crippen molar-refractivity contribution < 1.29 is 22.7 Å². The van der Waals surface area contributed by atoms with Crippen LogP contribution in [0.5, 0.6) is 5.75 Å². The molecule has 0 aliphatic carbocycles. The highest BCUT2D eigenvalue weighted by Gasteiger charge is 2.31. The summed E-state index contributed by atoms with van der Waals surface area (Å²) >= 11 is 0. The first-order valence-electron chi connectivity index (χ1n) is 10.2. The Labute approximate surface area is 191 Å². The molecule has 3 heterocycles. The van der Waals surface area contributed by atoms with Crippen molar-refractivity contribution in [3.8, 4) is 17.1 Å². The summed E-state index contributed by atoms with van der Waals surface area (Å²) in [7, 11) is 0. The Morgan fingerprint density at radius 2 is 1.76 bits per heavy atom. The molecule has 1 N–H and O–H groups in total. The van der Waals surface area contributed by atoms with Gasteiger partial charge in [0.1, 0.15) is 5.75 Å². The van der Waals surface area contributed by atoms with Gasteiger partial charge in [-0.05, 0) is 42.0 Å². The van der Waals surface area contributed by atoms with E-state index in [1.165, 1.54) is 24.3 Å². The first kappa shape index (κ1) is 21.4. The van der Waals surface area contributed by atoms with Crippen LogP contribution in [-0.2, 0) is 11.4 Å². The molecule has 1 aliphatic heterocycles. The summed E-state index contributed by atoms with van der Waals surface area (Å²) in [6.45, 7) is 0.485. The quantitative estimate of drug-likeness (QED) is 0.457. The van der Waals surface area contributed by atoms with Gasteiger partial charge in [0.05, 0.1) is 6.54 Å². The minimum atomic E-state index is -4.75. The van der Waals surface area contributed by atoms with Gasteiger partial charge in [-0.15, -0.1) is 18.3 Å². The number of ether oxygens (including phenoxy) is 1. The van der Waals surface area contributed by atoms with Crippen LogP contribution >= 0.6 is 0 Å². The summed E-state index contributed by atoms with van der Waals surface area (Å²) in [4.78, 5) is 14.3. The summed E-state index contributed by atoms with van der Waals surface area (Å²) in [5.74, 6) is 0.977. The van der Waals surface area contributed by atoms with Gasteiger partial charge in [-0.25, -0.2) is 9.67 Å². The zero-order chi connectivity index (χ0) is 23.5. The normalized spacial score (nSPS) is 15.4. The Kier molecular flexibility index (Phi) is 5.58. The molecule has 1 atom stereocenters. The van der Waals surface area contributed by atoms with E-state index in [2.05, 4.69) is 30.3 Å². The molecule has 2 aromatic heterocycles. The van der Waals surface area contributed by atoms with Crippen LogP contribution in [0, 0.1) is 0 Å². The monoisotopic (exact) mass is 466 g/mol. The third kappa shape index (κ3) is 4.82. The van der Waals surface area contributed by atoms with Gasteiger partial charge >= 0.3 is 6.36 Å². The Morgan fingerprint density at radius 1 is 0.971 bits per heavy atom. The van der Waals surface area contributed by atoms with Crippen molar-refractivity contribution in [2.24, 2.45) is 5.16 Å². The van der Waals surface area contributed by atoms with Crippen LogP contribution < -0.4 is 10.1 Å². The van der Waals surface area contributed by atoms with Crippen LogP contribution in [0.3, 0.4) is 0 Å². The molecule has 172 valence electrons. The number of nitrogens with one attached hydrogen (secondary N) is 1. The molecule has 11 heteroatoms. The molecule has 1 unspecified atom stereocenters. The van der Waals surface area contributed by atoms with Crippen LogP contribution in [0.2, 0.25) is 0 Å². The van der Waals surface area contributed by atoms with E-state index in [-0.39, 0.29) is 5.75 Å². The van der Waals surface area contributed by atoms with Gasteiger partial charge in [-0.3, -0.25) is 4.98 Å². The number of halogens is 3. The molecule has 0 spiro atoms. The second-order valence-corrected chi connectivity index (χ2v) is 7.32. The molecule has 8 nitrogen and oxygen atoms in total. The molecule has 0 bridgehead atoms. The second kappa shape index (κ2) is 8.85. The van der Waals surface area contributed by atoms with Gasteiger partial charge < -0.3 is 14.9 Å². The molecule has 0 amide bonds. The Hall–Kier alpha value is -4.41. The number of pyridine rings is 1. The fraction of sp³-hybridized carbons (Fsp3) is 0.130. The summed E-state index contributed by atoms with van der Waals surface area (Å²) in [5, 5.41) is 11.7. The van der Waals surface area contributed by atoms with Crippen LogP contribution in [0.1, 0.15) is 23.2 Å². The van der Waals surface area contributed by atoms with Crippen LogP contribution in [-0.4, -0.2) is 31.9 Å². The zero-order valence-electron chi connectivity index (χ0n) is 17.5. The Balaban J connectivity index is 1.36. The SMILES string of the molecule is FC(F)(F)Oc1ccc(C2=NOC(c3nc(-c4cccnc4)n(Cc4ccccc4)n3)N2)cc1. The number of rotatable bonds is 6. The average Bonchev–Trinajstić information content (AvgIpc) is 3.48. The maximum Gasteiger partial charge on any atom is 0.573 e. The second-order valence-electron chi connectivity index (χ2n) is 7.32. The van der Waals surface area contributed by atoms with E-state index in [9.17, 15) is 13.2 Å². The van der Waals surface area contributed by atoms with E-state index in [0.29, 0.717) is 29.6 Å². The molecule has 0 saturated carbocycles. The molecule has 1 aliphatic rings. The molecule has 0 fully saturated rings. The molecule has 0 saturated heterocycles. The maximum absolute atomic E-state index is 12.4. The maximum atomic E-state index is 12.4. The number of hydrogen-bond acceptors (Lipinski definition) is 7. The van der Waals surface area contributed by atoms with E-state index < -0.39 is 12.6 Å². The molecule has 4 aromatic rings. The fourth-order valence-electron chi connectivity index (χ4n) is 3.39. The van der Waals surface area contributed by atoms with E-state index >= 15 is 0 Å². The molecule has 5 rings (SSSR count). The molecular weight excluding hydrogens is 449 g/mol. The van der Waals surface area contributed by atoms with Gasteiger partial charge in [0, 0.05) is 23.5 Å². The minimum Gasteiger partial charge on any atom is -0.406 e. The average molecular weight is 466 g/mol. The largest absolute Gasteiger partial charge is 0.573 e. The lowest BCUT2D eigenvalue weighted by Gasteiger charge is -2.09. The lowest BCUT2D eigenvalue weighted by Crippen LogP contribution is -2.24. The Morgan fingerprint density at radius 3 is 2.47 bits per heavy atom. The standard InChI is InChI=1S/C23H17F3N6O2/c24-23(25,26)33-18-10-8-16(9-11-18)19-29-22(34-31-19)20-28-21(17-7-4-12-27-13-17)32(30-20)14-15-5-2-1-3-6-15/h1-13,22H,14H2,(H,29,31). The molecular formula is C23H17F3N6O2. The number of aromatic nitrogens is 4. The highest BCUT2D eigenvalue weighted by molar-refractivity contribution is 5.99.